The van der Waals surface area contributed by atoms with Gasteiger partial charge in [-0.25, -0.2) is 4.85 Å². The largest absolute Gasteiger partial charge is 0.318 e. The van der Waals surface area contributed by atoms with Crippen LogP contribution < -0.4 is 0 Å². The van der Waals surface area contributed by atoms with E-state index in [0.717, 1.165) is 141 Å². The van der Waals surface area contributed by atoms with Crippen LogP contribution in [0.3, 0.4) is 0 Å². The van der Waals surface area contributed by atoms with Gasteiger partial charge in [-0.3, -0.25) is 0 Å². The fourth-order valence-electron chi connectivity index (χ4n) is 15.4. The van der Waals surface area contributed by atoms with Crippen LogP contribution in [0, 0.1) is 17.9 Å². The molecule has 0 atom stereocenters. The minimum atomic E-state index is -0.256. The third-order valence-electron chi connectivity index (χ3n) is 19.1. The monoisotopic (exact) mass is 1060 g/mol. The Morgan fingerprint density at radius 3 is 1.70 bits per heavy atom. The Hall–Kier alpha value is -9.74. The highest BCUT2D eigenvalue weighted by atomic mass is 15.0. The maximum Gasteiger partial charge on any atom is 0.213 e. The molecule has 1 saturated carbocycles. The van der Waals surface area contributed by atoms with E-state index in [1.807, 2.05) is 0 Å². The van der Waals surface area contributed by atoms with E-state index in [4.69, 9.17) is 0 Å². The second kappa shape index (κ2) is 17.6. The molecule has 2 aliphatic rings. The van der Waals surface area contributed by atoms with Crippen molar-refractivity contribution in [3.63, 3.8) is 0 Å². The molecule has 16 rings (SSSR count). The molecule has 3 heterocycles. The van der Waals surface area contributed by atoms with Gasteiger partial charge >= 0.3 is 0 Å². The van der Waals surface area contributed by atoms with Crippen molar-refractivity contribution in [3.05, 3.63) is 245 Å². The summed E-state index contributed by atoms with van der Waals surface area (Å²) in [5, 5.41) is 20.7. The van der Waals surface area contributed by atoms with Crippen molar-refractivity contribution in [2.24, 2.45) is 0 Å². The van der Waals surface area contributed by atoms with Gasteiger partial charge in [-0.05, 0) is 138 Å². The predicted molar refractivity (Wildman–Crippen MR) is 348 cm³/mol. The molecule has 0 saturated heterocycles. The van der Waals surface area contributed by atoms with E-state index in [1.165, 1.54) is 44.3 Å². The Morgan fingerprint density at radius 1 is 0.470 bits per heavy atom. The number of fused-ring (bicyclic) bond motifs is 17. The standard InChI is InChI=1S/C79H60N4/c1-77(2,3)53-33-36-63-59(43-53)71-69-61-40-51(68-55(47-22-11-8-12-23-47)30-21-31-56(68)48-24-13-9-14-25-48)41-62-70-67(82(75(61)62)66(69)42-52(46-80)73(71)79(63)38-19-20-39-79)45-64(81-7)76-72(70)60-44-54(78(4,5)6)34-37-65(60)83(76)74-57-29-18-17-28-50(57)32-35-58(74)49-26-15-10-16-27-49/h8-18,21-37,40-45H,19-20,38-39H2,1-6H3. The molecule has 1 fully saturated rings. The molecule has 396 valence electrons. The van der Waals surface area contributed by atoms with E-state index in [-0.39, 0.29) is 16.2 Å². The summed E-state index contributed by atoms with van der Waals surface area (Å²) in [6.45, 7) is 23.2. The maximum atomic E-state index is 11.7. The summed E-state index contributed by atoms with van der Waals surface area (Å²) in [6, 6.07) is 79.0. The normalized spacial score (nSPS) is 14.0. The molecule has 0 N–H and O–H groups in total. The van der Waals surface area contributed by atoms with Gasteiger partial charge in [-0.15, -0.1) is 0 Å². The average Bonchev–Trinajstić information content (AvgIpc) is 1.78. The molecule has 0 radical (unpaired) electrons. The van der Waals surface area contributed by atoms with Crippen molar-refractivity contribution >= 4 is 76.4 Å². The molecule has 2 aliphatic carbocycles. The molecule has 83 heavy (non-hydrogen) atoms. The number of nitriles is 1. The number of hydrogen-bond acceptors (Lipinski definition) is 1. The van der Waals surface area contributed by atoms with Crippen LogP contribution in [0.1, 0.15) is 95.0 Å². The highest BCUT2D eigenvalue weighted by molar-refractivity contribution is 6.37. The zero-order valence-electron chi connectivity index (χ0n) is 47.7. The van der Waals surface area contributed by atoms with E-state index in [9.17, 15) is 11.8 Å². The maximum absolute atomic E-state index is 11.7. The molecule has 11 aromatic carbocycles. The molecule has 4 heteroatoms. The van der Waals surface area contributed by atoms with Crippen molar-refractivity contribution in [2.75, 3.05) is 0 Å². The summed E-state index contributed by atoms with van der Waals surface area (Å²) in [7, 11) is 0. The Balaban J connectivity index is 1.16. The van der Waals surface area contributed by atoms with Crippen molar-refractivity contribution in [1.29, 1.82) is 5.26 Å². The van der Waals surface area contributed by atoms with Crippen LogP contribution in [0.25, 0.3) is 137 Å². The number of benzene rings is 11. The average molecular weight is 1070 g/mol. The molecule has 0 bridgehead atoms. The first-order chi connectivity index (χ1) is 40.4. The van der Waals surface area contributed by atoms with E-state index >= 15 is 0 Å². The highest BCUT2D eigenvalue weighted by Crippen LogP contribution is 2.62. The molecular weight excluding hydrogens is 1000 g/mol. The summed E-state index contributed by atoms with van der Waals surface area (Å²) in [5.74, 6) is 0. The summed E-state index contributed by atoms with van der Waals surface area (Å²) in [6.07, 6.45) is 4.27. The van der Waals surface area contributed by atoms with Crippen LogP contribution >= 0.6 is 0 Å². The van der Waals surface area contributed by atoms with Crippen LogP contribution in [0.15, 0.2) is 206 Å². The van der Waals surface area contributed by atoms with E-state index in [0.29, 0.717) is 5.69 Å². The van der Waals surface area contributed by atoms with E-state index < -0.39 is 0 Å². The summed E-state index contributed by atoms with van der Waals surface area (Å²) >= 11 is 0. The molecule has 0 aliphatic heterocycles. The number of hydrogen-bond donors (Lipinski definition) is 0. The van der Waals surface area contributed by atoms with Crippen molar-refractivity contribution < 1.29 is 0 Å². The molecule has 3 aromatic heterocycles. The number of aromatic nitrogens is 2. The topological polar surface area (TPSA) is 37.5 Å². The SMILES string of the molecule is [C-]#[N+]c1cc2c(c3cc(-c4c(-c5ccccc5)cccc4-c4ccccc4)cc4c5c6c(c(C#N)cc5n2c43)C2(CCCC2)c2ccc(C(C)(C)C)cc2-6)c2c3cc(C(C)(C)C)ccc3n(-c3c(-c4ccccc4)ccc4ccccc34)c12. The zero-order valence-corrected chi connectivity index (χ0v) is 47.7. The molecule has 14 aromatic rings. The zero-order chi connectivity index (χ0) is 56.3. The van der Waals surface area contributed by atoms with Crippen LogP contribution in [0.2, 0.25) is 0 Å². The van der Waals surface area contributed by atoms with Crippen molar-refractivity contribution in [2.45, 2.75) is 83.5 Å². The second-order valence-electron chi connectivity index (χ2n) is 25.7. The van der Waals surface area contributed by atoms with Gasteiger partial charge < -0.3 is 8.97 Å². The van der Waals surface area contributed by atoms with Gasteiger partial charge in [-0.2, -0.15) is 5.26 Å². The first-order valence-electron chi connectivity index (χ1n) is 29.5. The minimum Gasteiger partial charge on any atom is -0.318 e. The van der Waals surface area contributed by atoms with Crippen LogP contribution in [0.4, 0.5) is 5.69 Å². The third-order valence-corrected chi connectivity index (χ3v) is 19.1. The Morgan fingerprint density at radius 2 is 1.06 bits per heavy atom. The first-order valence-corrected chi connectivity index (χ1v) is 29.5. The van der Waals surface area contributed by atoms with Gasteiger partial charge in [-0.1, -0.05) is 224 Å². The van der Waals surface area contributed by atoms with Gasteiger partial charge in [0, 0.05) is 54.2 Å². The van der Waals surface area contributed by atoms with Gasteiger partial charge in [0.05, 0.1) is 46.0 Å². The van der Waals surface area contributed by atoms with Gasteiger partial charge in [0.2, 0.25) is 5.69 Å². The number of rotatable bonds is 5. The lowest BCUT2D eigenvalue weighted by molar-refractivity contribution is 0.547. The number of nitrogens with zero attached hydrogens (tertiary/aromatic N) is 4. The first kappa shape index (κ1) is 49.1. The van der Waals surface area contributed by atoms with Crippen molar-refractivity contribution in [1.82, 2.24) is 8.97 Å². The Kier molecular flexibility index (Phi) is 10.4. The lowest BCUT2D eigenvalue weighted by Gasteiger charge is -2.28. The second-order valence-corrected chi connectivity index (χ2v) is 25.7. The van der Waals surface area contributed by atoms with Crippen LogP contribution in [-0.4, -0.2) is 8.97 Å². The summed E-state index contributed by atoms with van der Waals surface area (Å²) < 4.78 is 4.90. The fraction of sp³-hybridized carbons (Fsp3) is 0.165. The Labute approximate surface area is 484 Å². The molecule has 0 amide bonds. The van der Waals surface area contributed by atoms with Crippen LogP contribution in [-0.2, 0) is 16.2 Å². The highest BCUT2D eigenvalue weighted by Gasteiger charge is 2.48. The van der Waals surface area contributed by atoms with Gasteiger partial charge in [0.1, 0.15) is 0 Å². The van der Waals surface area contributed by atoms with E-state index in [1.54, 1.807) is 0 Å². The lowest BCUT2D eigenvalue weighted by Crippen LogP contribution is -2.22. The third kappa shape index (κ3) is 6.91. The Bertz CT molecular complexity index is 5100. The minimum absolute atomic E-state index is 0.0955. The van der Waals surface area contributed by atoms with Gasteiger partial charge in [0.25, 0.3) is 0 Å². The fourth-order valence-corrected chi connectivity index (χ4v) is 15.4. The van der Waals surface area contributed by atoms with E-state index in [2.05, 4.69) is 268 Å². The summed E-state index contributed by atoms with van der Waals surface area (Å²) in [4.78, 5) is 4.62. The smallest absolute Gasteiger partial charge is 0.213 e. The molecular formula is C79H60N4. The lowest BCUT2D eigenvalue weighted by atomic mass is 9.74. The molecule has 1 spiro atoms. The quantitative estimate of drug-likeness (QED) is 0.158. The molecule has 0 unspecified atom stereocenters. The molecule has 4 nitrogen and oxygen atoms in total. The van der Waals surface area contributed by atoms with Crippen LogP contribution in [0.5, 0.6) is 0 Å². The van der Waals surface area contributed by atoms with Crippen molar-refractivity contribution in [3.8, 4) is 67.4 Å². The summed E-state index contributed by atoms with van der Waals surface area (Å²) in [5.41, 5.74) is 23.5. The van der Waals surface area contributed by atoms with Gasteiger partial charge in [0.15, 0.2) is 0 Å². The predicted octanol–water partition coefficient (Wildman–Crippen LogP) is 21.6.